The van der Waals surface area contributed by atoms with Gasteiger partial charge in [-0.05, 0) is 12.8 Å². The molecule has 0 heterocycles. The molecular formula is C38H73NO5. The number of hydrogen-bond donors (Lipinski definition) is 1. The summed E-state index contributed by atoms with van der Waals surface area (Å²) in [6.07, 6.45) is 38.9. The predicted octanol–water partition coefficient (Wildman–Crippen LogP) is 11.6. The van der Waals surface area contributed by atoms with Crippen LogP contribution in [-0.2, 0) is 24.0 Å². The van der Waals surface area contributed by atoms with Gasteiger partial charge < -0.3 is 9.57 Å². The molecule has 1 N–H and O–H groups in total. The summed E-state index contributed by atoms with van der Waals surface area (Å²) in [5, 5.41) is 0. The van der Waals surface area contributed by atoms with Crippen molar-refractivity contribution in [3.05, 3.63) is 0 Å². The fourth-order valence-electron chi connectivity index (χ4n) is 5.69. The van der Waals surface area contributed by atoms with Gasteiger partial charge in [0.15, 0.2) is 6.61 Å². The van der Waals surface area contributed by atoms with E-state index in [1.807, 2.05) is 0 Å². The van der Waals surface area contributed by atoms with Crippen LogP contribution in [0.2, 0.25) is 0 Å². The van der Waals surface area contributed by atoms with Crippen molar-refractivity contribution in [3.63, 3.8) is 0 Å². The average molecular weight is 624 g/mol. The van der Waals surface area contributed by atoms with E-state index < -0.39 is 18.5 Å². The van der Waals surface area contributed by atoms with Gasteiger partial charge >= 0.3 is 11.9 Å². The second-order valence-electron chi connectivity index (χ2n) is 13.1. The largest absolute Gasteiger partial charge is 0.455 e. The molecule has 0 aliphatic rings. The molecule has 0 aromatic rings. The summed E-state index contributed by atoms with van der Waals surface area (Å²) in [7, 11) is 0. The molecule has 44 heavy (non-hydrogen) atoms. The third-order valence-corrected chi connectivity index (χ3v) is 8.61. The quantitative estimate of drug-likeness (QED) is 0.0438. The van der Waals surface area contributed by atoms with Gasteiger partial charge in [-0.1, -0.05) is 194 Å². The number of carbonyl (C=O) groups is 3. The minimum absolute atomic E-state index is 0.289. The van der Waals surface area contributed by atoms with E-state index in [4.69, 9.17) is 9.57 Å². The molecule has 260 valence electrons. The number of hydroxylamine groups is 1. The summed E-state index contributed by atoms with van der Waals surface area (Å²) in [6.45, 7) is 4.12. The fourth-order valence-corrected chi connectivity index (χ4v) is 5.69. The Morgan fingerprint density at radius 1 is 0.386 bits per heavy atom. The Morgan fingerprint density at radius 2 is 0.659 bits per heavy atom. The number of rotatable bonds is 34. The molecule has 0 aromatic heterocycles. The smallest absolute Gasteiger partial charge is 0.332 e. The molecule has 6 nitrogen and oxygen atoms in total. The van der Waals surface area contributed by atoms with Crippen LogP contribution in [0.15, 0.2) is 0 Å². The van der Waals surface area contributed by atoms with Crippen molar-refractivity contribution in [1.82, 2.24) is 5.48 Å². The Kier molecular flexibility index (Phi) is 34.6. The van der Waals surface area contributed by atoms with Crippen LogP contribution in [0.5, 0.6) is 0 Å². The van der Waals surface area contributed by atoms with Crippen molar-refractivity contribution in [3.8, 4) is 0 Å². The van der Waals surface area contributed by atoms with Gasteiger partial charge in [-0.15, -0.1) is 0 Å². The van der Waals surface area contributed by atoms with Crippen LogP contribution in [0.3, 0.4) is 0 Å². The van der Waals surface area contributed by atoms with E-state index in [2.05, 4.69) is 19.3 Å². The molecule has 0 atom stereocenters. The van der Waals surface area contributed by atoms with E-state index in [0.717, 1.165) is 38.5 Å². The first-order valence-corrected chi connectivity index (χ1v) is 19.2. The molecule has 0 aliphatic carbocycles. The van der Waals surface area contributed by atoms with Crippen molar-refractivity contribution < 1.29 is 24.0 Å². The third kappa shape index (κ3) is 34.9. The molecule has 0 spiro atoms. The Bertz CT molecular complexity index is 587. The summed E-state index contributed by atoms with van der Waals surface area (Å²) in [4.78, 5) is 40.3. The van der Waals surface area contributed by atoms with Crippen molar-refractivity contribution >= 4 is 17.8 Å². The zero-order valence-electron chi connectivity index (χ0n) is 29.4. The number of amides is 1. The van der Waals surface area contributed by atoms with Crippen molar-refractivity contribution in [2.24, 2.45) is 0 Å². The van der Waals surface area contributed by atoms with Crippen LogP contribution in [0.25, 0.3) is 0 Å². The lowest BCUT2D eigenvalue weighted by Crippen LogP contribution is -2.31. The zero-order valence-corrected chi connectivity index (χ0v) is 29.4. The second kappa shape index (κ2) is 35.9. The van der Waals surface area contributed by atoms with Gasteiger partial charge in [-0.3, -0.25) is 9.59 Å². The van der Waals surface area contributed by atoms with E-state index in [0.29, 0.717) is 6.42 Å². The fraction of sp³-hybridized carbons (Fsp3) is 0.921. The molecule has 0 radical (unpaired) electrons. The molecule has 6 heteroatoms. The Morgan fingerprint density at radius 3 is 0.977 bits per heavy atom. The first-order valence-electron chi connectivity index (χ1n) is 19.2. The molecule has 0 rings (SSSR count). The molecule has 0 unspecified atom stereocenters. The van der Waals surface area contributed by atoms with Gasteiger partial charge in [0.25, 0.3) is 5.91 Å². The second-order valence-corrected chi connectivity index (χ2v) is 13.1. The number of carbonyl (C=O) groups excluding carboxylic acids is 3. The van der Waals surface area contributed by atoms with Crippen LogP contribution < -0.4 is 5.48 Å². The highest BCUT2D eigenvalue weighted by molar-refractivity contribution is 5.81. The Balaban J connectivity index is 3.38. The molecule has 0 bridgehead atoms. The number of esters is 1. The number of nitrogens with one attached hydrogen (secondary N) is 1. The normalized spacial score (nSPS) is 11.0. The maximum absolute atomic E-state index is 11.9. The van der Waals surface area contributed by atoms with E-state index in [1.54, 1.807) is 0 Å². The minimum atomic E-state index is -0.611. The highest BCUT2D eigenvalue weighted by Gasteiger charge is 2.10. The topological polar surface area (TPSA) is 81.7 Å². The monoisotopic (exact) mass is 624 g/mol. The van der Waals surface area contributed by atoms with Crippen molar-refractivity contribution in [2.75, 3.05) is 6.61 Å². The number of unbranched alkanes of at least 4 members (excludes halogenated alkanes) is 28. The predicted molar refractivity (Wildman–Crippen MR) is 184 cm³/mol. The summed E-state index contributed by atoms with van der Waals surface area (Å²) in [5.74, 6) is -1.43. The van der Waals surface area contributed by atoms with Gasteiger partial charge in [0, 0.05) is 12.8 Å². The van der Waals surface area contributed by atoms with Crippen molar-refractivity contribution in [2.45, 2.75) is 219 Å². The lowest BCUT2D eigenvalue weighted by atomic mass is 10.0. The Hall–Kier alpha value is -1.59. The van der Waals surface area contributed by atoms with Crippen LogP contribution in [-0.4, -0.2) is 24.5 Å². The van der Waals surface area contributed by atoms with Gasteiger partial charge in [-0.2, -0.15) is 5.48 Å². The first kappa shape index (κ1) is 42.4. The summed E-state index contributed by atoms with van der Waals surface area (Å²) < 4.78 is 5.00. The standard InChI is InChI=1S/C38H73NO5/c1-3-5-7-9-11-13-15-17-19-21-23-25-27-29-31-33-37(41)43-35-36(40)39-44-38(42)34-32-30-28-26-24-22-20-18-16-14-12-10-8-6-4-2/h3-35H2,1-2H3,(H,39,40). The van der Waals surface area contributed by atoms with Crippen LogP contribution in [0.1, 0.15) is 219 Å². The molecule has 0 fully saturated rings. The lowest BCUT2D eigenvalue weighted by molar-refractivity contribution is -0.162. The maximum atomic E-state index is 11.9. The van der Waals surface area contributed by atoms with E-state index in [-0.39, 0.29) is 12.4 Å². The molecule has 0 saturated carbocycles. The number of ether oxygens (including phenoxy) is 1. The molecule has 0 saturated heterocycles. The first-order chi connectivity index (χ1) is 21.6. The van der Waals surface area contributed by atoms with Gasteiger partial charge in [-0.25, -0.2) is 4.79 Å². The molecule has 0 aliphatic heterocycles. The van der Waals surface area contributed by atoms with Crippen molar-refractivity contribution in [1.29, 1.82) is 0 Å². The van der Waals surface area contributed by atoms with Crippen LogP contribution >= 0.6 is 0 Å². The van der Waals surface area contributed by atoms with Gasteiger partial charge in [0.1, 0.15) is 0 Å². The maximum Gasteiger partial charge on any atom is 0.332 e. The SMILES string of the molecule is CCCCCCCCCCCCCCCCCC(=O)OCC(=O)NOC(=O)CCCCCCCCCCCCCCCCC. The molecular weight excluding hydrogens is 550 g/mol. The third-order valence-electron chi connectivity index (χ3n) is 8.61. The lowest BCUT2D eigenvalue weighted by Gasteiger charge is -2.07. The van der Waals surface area contributed by atoms with E-state index >= 15 is 0 Å². The average Bonchev–Trinajstić information content (AvgIpc) is 3.02. The molecule has 0 aromatic carbocycles. The zero-order chi connectivity index (χ0) is 32.2. The summed E-state index contributed by atoms with van der Waals surface area (Å²) >= 11 is 0. The summed E-state index contributed by atoms with van der Waals surface area (Å²) in [5.41, 5.74) is 2.10. The number of hydrogen-bond acceptors (Lipinski definition) is 5. The van der Waals surface area contributed by atoms with Gasteiger partial charge in [0.05, 0.1) is 0 Å². The Labute approximate surface area is 272 Å². The van der Waals surface area contributed by atoms with E-state index in [1.165, 1.54) is 154 Å². The van der Waals surface area contributed by atoms with Crippen LogP contribution in [0, 0.1) is 0 Å². The van der Waals surface area contributed by atoms with E-state index in [9.17, 15) is 14.4 Å². The molecule has 1 amide bonds. The van der Waals surface area contributed by atoms with Gasteiger partial charge in [0.2, 0.25) is 0 Å². The summed E-state index contributed by atoms with van der Waals surface area (Å²) in [6, 6.07) is 0. The van der Waals surface area contributed by atoms with Crippen LogP contribution in [0.4, 0.5) is 0 Å². The minimum Gasteiger partial charge on any atom is -0.455 e. The highest BCUT2D eigenvalue weighted by atomic mass is 16.7. The highest BCUT2D eigenvalue weighted by Crippen LogP contribution is 2.15.